The van der Waals surface area contributed by atoms with E-state index in [4.69, 9.17) is 4.52 Å². The number of hydrogen-bond acceptors (Lipinski definition) is 2. The lowest BCUT2D eigenvalue weighted by atomic mass is 10.2. The molecule has 2 atom stereocenters. The molecule has 4 heteroatoms. The molecule has 0 amide bonds. The van der Waals surface area contributed by atoms with E-state index in [-0.39, 0.29) is 6.16 Å². The SMILES string of the molecule is C=CC(C)OP(=O)(O)Cc1ccccc1. The molecule has 82 valence electrons. The van der Waals surface area contributed by atoms with Crippen molar-refractivity contribution in [2.75, 3.05) is 0 Å². The van der Waals surface area contributed by atoms with Gasteiger partial charge in [-0.2, -0.15) is 0 Å². The van der Waals surface area contributed by atoms with Gasteiger partial charge in [0.05, 0.1) is 12.3 Å². The quantitative estimate of drug-likeness (QED) is 0.620. The van der Waals surface area contributed by atoms with Crippen LogP contribution in [-0.2, 0) is 15.3 Å². The first-order valence-electron chi connectivity index (χ1n) is 4.70. The summed E-state index contributed by atoms with van der Waals surface area (Å²) in [6.45, 7) is 5.18. The second-order valence-electron chi connectivity index (χ2n) is 3.33. The van der Waals surface area contributed by atoms with Gasteiger partial charge in [-0.25, -0.2) is 0 Å². The van der Waals surface area contributed by atoms with Crippen LogP contribution in [0.25, 0.3) is 0 Å². The van der Waals surface area contributed by atoms with Gasteiger partial charge in [0.2, 0.25) is 0 Å². The molecule has 0 spiro atoms. The third-order valence-corrected chi connectivity index (χ3v) is 3.31. The van der Waals surface area contributed by atoms with Crippen LogP contribution in [0.5, 0.6) is 0 Å². The topological polar surface area (TPSA) is 46.5 Å². The lowest BCUT2D eigenvalue weighted by Crippen LogP contribution is -2.03. The fraction of sp³-hybridized carbons (Fsp3) is 0.273. The monoisotopic (exact) mass is 226 g/mol. The van der Waals surface area contributed by atoms with Crippen LogP contribution in [0, 0.1) is 0 Å². The third-order valence-electron chi connectivity index (χ3n) is 1.89. The lowest BCUT2D eigenvalue weighted by molar-refractivity contribution is 0.224. The van der Waals surface area contributed by atoms with Gasteiger partial charge in [0.15, 0.2) is 0 Å². The maximum absolute atomic E-state index is 11.6. The van der Waals surface area contributed by atoms with E-state index < -0.39 is 13.7 Å². The van der Waals surface area contributed by atoms with E-state index in [9.17, 15) is 9.46 Å². The van der Waals surface area contributed by atoms with Crippen LogP contribution in [0.4, 0.5) is 0 Å². The van der Waals surface area contributed by atoms with Gasteiger partial charge in [-0.3, -0.25) is 4.57 Å². The Kier molecular flexibility index (Phi) is 4.28. The highest BCUT2D eigenvalue weighted by Gasteiger charge is 2.21. The van der Waals surface area contributed by atoms with Crippen molar-refractivity contribution in [2.24, 2.45) is 0 Å². The molecule has 0 aliphatic rings. The van der Waals surface area contributed by atoms with Crippen LogP contribution < -0.4 is 0 Å². The zero-order valence-corrected chi connectivity index (χ0v) is 9.56. The van der Waals surface area contributed by atoms with E-state index in [1.165, 1.54) is 6.08 Å². The molecule has 0 aromatic heterocycles. The third kappa shape index (κ3) is 4.43. The second kappa shape index (κ2) is 5.26. The van der Waals surface area contributed by atoms with Crippen LogP contribution in [0.1, 0.15) is 12.5 Å². The largest absolute Gasteiger partial charge is 0.333 e. The molecule has 0 fully saturated rings. The fourth-order valence-corrected chi connectivity index (χ4v) is 2.51. The maximum atomic E-state index is 11.6. The van der Waals surface area contributed by atoms with Crippen molar-refractivity contribution in [3.63, 3.8) is 0 Å². The van der Waals surface area contributed by atoms with Gasteiger partial charge in [-0.15, -0.1) is 6.58 Å². The summed E-state index contributed by atoms with van der Waals surface area (Å²) in [5, 5.41) is 0. The highest BCUT2D eigenvalue weighted by atomic mass is 31.2. The first-order valence-corrected chi connectivity index (χ1v) is 6.46. The van der Waals surface area contributed by atoms with E-state index in [1.54, 1.807) is 19.1 Å². The van der Waals surface area contributed by atoms with Crippen LogP contribution in [0.3, 0.4) is 0 Å². The van der Waals surface area contributed by atoms with Crippen molar-refractivity contribution in [3.8, 4) is 0 Å². The molecule has 0 saturated heterocycles. The van der Waals surface area contributed by atoms with Crippen LogP contribution in [0.15, 0.2) is 43.0 Å². The summed E-state index contributed by atoms with van der Waals surface area (Å²) < 4.78 is 16.6. The Balaban J connectivity index is 2.64. The lowest BCUT2D eigenvalue weighted by Gasteiger charge is -2.15. The highest BCUT2D eigenvalue weighted by Crippen LogP contribution is 2.46. The standard InChI is InChI=1S/C11H15O3P/c1-3-10(2)14-15(12,13)9-11-7-5-4-6-8-11/h3-8,10H,1,9H2,2H3,(H,12,13). The predicted octanol–water partition coefficient (Wildman–Crippen LogP) is 2.96. The predicted molar refractivity (Wildman–Crippen MR) is 60.7 cm³/mol. The molecule has 15 heavy (non-hydrogen) atoms. The Morgan fingerprint density at radius 2 is 2.13 bits per heavy atom. The molecule has 3 nitrogen and oxygen atoms in total. The van der Waals surface area contributed by atoms with Gasteiger partial charge in [-0.05, 0) is 12.5 Å². The van der Waals surface area contributed by atoms with E-state index in [1.807, 2.05) is 18.2 Å². The molecule has 0 aliphatic heterocycles. The number of rotatable bonds is 5. The van der Waals surface area contributed by atoms with Gasteiger partial charge < -0.3 is 9.42 Å². The van der Waals surface area contributed by atoms with Crippen LogP contribution in [-0.4, -0.2) is 11.0 Å². The normalized spacial score (nSPS) is 16.7. The molecular weight excluding hydrogens is 211 g/mol. The first kappa shape index (κ1) is 12.2. The van der Waals surface area contributed by atoms with Gasteiger partial charge in [0.1, 0.15) is 0 Å². The Bertz CT molecular complexity index is 361. The second-order valence-corrected chi connectivity index (χ2v) is 5.13. The maximum Gasteiger partial charge on any atom is 0.333 e. The van der Waals surface area contributed by atoms with Gasteiger partial charge >= 0.3 is 7.60 Å². The zero-order chi connectivity index (χ0) is 11.3. The Morgan fingerprint density at radius 3 is 2.67 bits per heavy atom. The Labute approximate surface area is 89.9 Å². The van der Waals surface area contributed by atoms with Gasteiger partial charge in [0, 0.05) is 0 Å². The summed E-state index contributed by atoms with van der Waals surface area (Å²) >= 11 is 0. The van der Waals surface area contributed by atoms with E-state index in [0.717, 1.165) is 5.56 Å². The minimum Gasteiger partial charge on any atom is -0.324 e. The van der Waals surface area contributed by atoms with E-state index in [2.05, 4.69) is 6.58 Å². The molecule has 1 aromatic carbocycles. The number of hydrogen-bond donors (Lipinski definition) is 1. The average molecular weight is 226 g/mol. The van der Waals surface area contributed by atoms with Crippen molar-refractivity contribution >= 4 is 7.60 Å². The van der Waals surface area contributed by atoms with Gasteiger partial charge in [-0.1, -0.05) is 36.4 Å². The highest BCUT2D eigenvalue weighted by molar-refractivity contribution is 7.52. The van der Waals surface area contributed by atoms with Gasteiger partial charge in [0.25, 0.3) is 0 Å². The van der Waals surface area contributed by atoms with Crippen molar-refractivity contribution in [1.29, 1.82) is 0 Å². The van der Waals surface area contributed by atoms with Crippen molar-refractivity contribution in [2.45, 2.75) is 19.2 Å². The molecule has 0 heterocycles. The summed E-state index contributed by atoms with van der Waals surface area (Å²) in [5.41, 5.74) is 0.791. The molecule has 0 radical (unpaired) electrons. The summed E-state index contributed by atoms with van der Waals surface area (Å²) in [4.78, 5) is 9.55. The van der Waals surface area contributed by atoms with Crippen LogP contribution in [0.2, 0.25) is 0 Å². The summed E-state index contributed by atoms with van der Waals surface area (Å²) in [7, 11) is -3.56. The zero-order valence-electron chi connectivity index (χ0n) is 8.67. The summed E-state index contributed by atoms with van der Waals surface area (Å²) in [6, 6.07) is 9.10. The molecule has 2 unspecified atom stereocenters. The molecule has 0 bridgehead atoms. The minimum absolute atomic E-state index is 0.0337. The van der Waals surface area contributed by atoms with E-state index in [0.29, 0.717) is 0 Å². The smallest absolute Gasteiger partial charge is 0.324 e. The molecule has 1 aromatic rings. The average Bonchev–Trinajstić information content (AvgIpc) is 2.17. The summed E-state index contributed by atoms with van der Waals surface area (Å²) in [6.07, 6.45) is 1.12. The minimum atomic E-state index is -3.56. The van der Waals surface area contributed by atoms with Crippen molar-refractivity contribution in [3.05, 3.63) is 48.6 Å². The molecule has 1 N–H and O–H groups in total. The summed E-state index contributed by atoms with van der Waals surface area (Å²) in [5.74, 6) is 0. The first-order chi connectivity index (χ1) is 7.03. The molecule has 1 rings (SSSR count). The fourth-order valence-electron chi connectivity index (χ4n) is 1.15. The van der Waals surface area contributed by atoms with Crippen molar-refractivity contribution in [1.82, 2.24) is 0 Å². The Hall–Kier alpha value is -0.890. The molecule has 0 saturated carbocycles. The number of benzene rings is 1. The van der Waals surface area contributed by atoms with Crippen LogP contribution >= 0.6 is 7.60 Å². The molecular formula is C11H15O3P. The van der Waals surface area contributed by atoms with Crippen molar-refractivity contribution < 1.29 is 14.0 Å². The Morgan fingerprint density at radius 1 is 1.53 bits per heavy atom. The molecule has 0 aliphatic carbocycles. The van der Waals surface area contributed by atoms with E-state index >= 15 is 0 Å².